The fourth-order valence-corrected chi connectivity index (χ4v) is 3.62. The first kappa shape index (κ1) is 24.2. The number of aromatic nitrogens is 3. The second kappa shape index (κ2) is 10.6. The number of carbonyl (C=O) groups is 3. The monoisotopic (exact) mass is 480 g/mol. The van der Waals surface area contributed by atoms with Crippen molar-refractivity contribution in [1.82, 2.24) is 15.0 Å². The van der Waals surface area contributed by atoms with Crippen molar-refractivity contribution in [2.75, 3.05) is 15.5 Å². The molecular formula is C27H24N6O3. The van der Waals surface area contributed by atoms with Gasteiger partial charge in [-0.15, -0.1) is 0 Å². The van der Waals surface area contributed by atoms with E-state index in [1.54, 1.807) is 67.1 Å². The Hall–Kier alpha value is -4.92. The van der Waals surface area contributed by atoms with Gasteiger partial charge in [0.1, 0.15) is 0 Å². The van der Waals surface area contributed by atoms with Crippen LogP contribution in [0.15, 0.2) is 79.3 Å². The van der Waals surface area contributed by atoms with Crippen molar-refractivity contribution in [3.05, 3.63) is 90.4 Å². The van der Waals surface area contributed by atoms with Crippen molar-refractivity contribution in [3.8, 4) is 11.3 Å². The number of aryl methyl sites for hydroxylation is 1. The van der Waals surface area contributed by atoms with E-state index in [1.165, 1.54) is 18.7 Å². The van der Waals surface area contributed by atoms with Crippen molar-refractivity contribution in [3.63, 3.8) is 0 Å². The minimum Gasteiger partial charge on any atom is -0.326 e. The van der Waals surface area contributed by atoms with Crippen molar-refractivity contribution < 1.29 is 14.4 Å². The van der Waals surface area contributed by atoms with E-state index in [4.69, 9.17) is 0 Å². The Kier molecular flexibility index (Phi) is 7.10. The predicted molar refractivity (Wildman–Crippen MR) is 138 cm³/mol. The molecule has 0 atom stereocenters. The summed E-state index contributed by atoms with van der Waals surface area (Å²) >= 11 is 0. The molecule has 0 aliphatic heterocycles. The fraction of sp³-hybridized carbons (Fsp3) is 0.111. The Bertz CT molecular complexity index is 1440. The molecule has 2 aromatic carbocycles. The molecule has 0 radical (unpaired) electrons. The van der Waals surface area contributed by atoms with Gasteiger partial charge in [-0.25, -0.2) is 14.9 Å². The normalized spacial score (nSPS) is 10.4. The molecule has 0 aliphatic carbocycles. The largest absolute Gasteiger partial charge is 0.326 e. The average molecular weight is 481 g/mol. The second-order valence-corrected chi connectivity index (χ2v) is 8.06. The third kappa shape index (κ3) is 5.58. The Morgan fingerprint density at radius 1 is 0.861 bits per heavy atom. The number of anilines is 4. The molecule has 0 fully saturated rings. The van der Waals surface area contributed by atoms with Crippen LogP contribution in [0.3, 0.4) is 0 Å². The van der Waals surface area contributed by atoms with Crippen LogP contribution in [-0.2, 0) is 9.59 Å². The van der Waals surface area contributed by atoms with Crippen LogP contribution in [-0.4, -0.2) is 32.7 Å². The van der Waals surface area contributed by atoms with Gasteiger partial charge in [-0.2, -0.15) is 0 Å². The lowest BCUT2D eigenvalue weighted by Gasteiger charge is -2.22. The molecule has 0 saturated carbocycles. The Morgan fingerprint density at radius 3 is 2.39 bits per heavy atom. The minimum atomic E-state index is -0.360. The molecule has 0 aliphatic rings. The minimum absolute atomic E-state index is 0.207. The Balaban J connectivity index is 1.65. The molecule has 2 aromatic heterocycles. The lowest BCUT2D eigenvalue weighted by atomic mass is 10.1. The number of hydrogen-bond acceptors (Lipinski definition) is 6. The van der Waals surface area contributed by atoms with Crippen molar-refractivity contribution in [2.24, 2.45) is 0 Å². The van der Waals surface area contributed by atoms with E-state index in [9.17, 15) is 14.4 Å². The highest BCUT2D eigenvalue weighted by Crippen LogP contribution is 2.30. The molecule has 9 heteroatoms. The molecular weight excluding hydrogens is 456 g/mol. The zero-order valence-electron chi connectivity index (χ0n) is 20.0. The van der Waals surface area contributed by atoms with Crippen molar-refractivity contribution in [1.29, 1.82) is 0 Å². The maximum absolute atomic E-state index is 12.9. The third-order valence-electron chi connectivity index (χ3n) is 5.27. The van der Waals surface area contributed by atoms with Gasteiger partial charge in [0.25, 0.3) is 5.91 Å². The van der Waals surface area contributed by atoms with E-state index in [-0.39, 0.29) is 23.7 Å². The fourth-order valence-electron chi connectivity index (χ4n) is 3.62. The van der Waals surface area contributed by atoms with Crippen LogP contribution in [0.4, 0.5) is 23.0 Å². The first-order valence-corrected chi connectivity index (χ1v) is 11.2. The summed E-state index contributed by atoms with van der Waals surface area (Å²) in [6.45, 7) is 4.69. The summed E-state index contributed by atoms with van der Waals surface area (Å²) in [6.07, 6.45) is 4.95. The van der Waals surface area contributed by atoms with Crippen LogP contribution < -0.4 is 15.5 Å². The van der Waals surface area contributed by atoms with E-state index in [0.29, 0.717) is 28.3 Å². The number of nitrogens with one attached hydrogen (secondary N) is 2. The van der Waals surface area contributed by atoms with Gasteiger partial charge in [-0.1, -0.05) is 12.1 Å². The van der Waals surface area contributed by atoms with Gasteiger partial charge in [0.15, 0.2) is 0 Å². The first-order valence-electron chi connectivity index (χ1n) is 11.2. The SMILES string of the molecule is CC(=O)Nc1cccc(C(=O)Nc2ccc(C)c(N(C(C)=O)c3nccc(-c4cccnc4)n3)c2)c1. The first-order chi connectivity index (χ1) is 17.3. The summed E-state index contributed by atoms with van der Waals surface area (Å²) in [6, 6.07) is 17.3. The summed E-state index contributed by atoms with van der Waals surface area (Å²) in [4.78, 5) is 51.4. The highest BCUT2D eigenvalue weighted by molar-refractivity contribution is 6.06. The molecule has 4 aromatic rings. The average Bonchev–Trinajstić information content (AvgIpc) is 2.86. The maximum atomic E-state index is 12.9. The molecule has 0 unspecified atom stereocenters. The van der Waals surface area contributed by atoms with Crippen LogP contribution in [0.5, 0.6) is 0 Å². The molecule has 0 spiro atoms. The lowest BCUT2D eigenvalue weighted by Crippen LogP contribution is -2.26. The van der Waals surface area contributed by atoms with E-state index < -0.39 is 0 Å². The van der Waals surface area contributed by atoms with E-state index in [2.05, 4.69) is 25.6 Å². The highest BCUT2D eigenvalue weighted by atomic mass is 16.2. The lowest BCUT2D eigenvalue weighted by molar-refractivity contribution is -0.116. The van der Waals surface area contributed by atoms with E-state index >= 15 is 0 Å². The zero-order chi connectivity index (χ0) is 25.7. The number of carbonyl (C=O) groups excluding carboxylic acids is 3. The number of rotatable bonds is 6. The predicted octanol–water partition coefficient (Wildman–Crippen LogP) is 4.74. The van der Waals surface area contributed by atoms with Gasteiger partial charge in [0.2, 0.25) is 17.8 Å². The Labute approximate surface area is 208 Å². The summed E-state index contributed by atoms with van der Waals surface area (Å²) < 4.78 is 0. The third-order valence-corrected chi connectivity index (χ3v) is 5.27. The molecule has 9 nitrogen and oxygen atoms in total. The van der Waals surface area contributed by atoms with E-state index in [1.807, 2.05) is 19.1 Å². The Morgan fingerprint density at radius 2 is 1.67 bits per heavy atom. The van der Waals surface area contributed by atoms with Crippen LogP contribution in [0, 0.1) is 6.92 Å². The van der Waals surface area contributed by atoms with Gasteiger partial charge >= 0.3 is 0 Å². The van der Waals surface area contributed by atoms with E-state index in [0.717, 1.165) is 11.1 Å². The van der Waals surface area contributed by atoms with Crippen LogP contribution >= 0.6 is 0 Å². The number of pyridine rings is 1. The van der Waals surface area contributed by atoms with Crippen molar-refractivity contribution in [2.45, 2.75) is 20.8 Å². The molecule has 3 amide bonds. The van der Waals surface area contributed by atoms with Gasteiger partial charge < -0.3 is 10.6 Å². The molecule has 36 heavy (non-hydrogen) atoms. The molecule has 180 valence electrons. The van der Waals surface area contributed by atoms with Gasteiger partial charge in [-0.3, -0.25) is 19.4 Å². The summed E-state index contributed by atoms with van der Waals surface area (Å²) in [7, 11) is 0. The smallest absolute Gasteiger partial charge is 0.255 e. The van der Waals surface area contributed by atoms with Crippen LogP contribution in [0.25, 0.3) is 11.3 Å². The second-order valence-electron chi connectivity index (χ2n) is 8.06. The molecule has 0 bridgehead atoms. The zero-order valence-corrected chi connectivity index (χ0v) is 20.0. The van der Waals surface area contributed by atoms with Crippen LogP contribution in [0.1, 0.15) is 29.8 Å². The molecule has 2 N–H and O–H groups in total. The topological polar surface area (TPSA) is 117 Å². The highest BCUT2D eigenvalue weighted by Gasteiger charge is 2.21. The van der Waals surface area contributed by atoms with Gasteiger partial charge in [0.05, 0.1) is 11.4 Å². The molecule has 0 saturated heterocycles. The van der Waals surface area contributed by atoms with Crippen molar-refractivity contribution >= 4 is 40.7 Å². The summed E-state index contributed by atoms with van der Waals surface area (Å²) in [5.74, 6) is -0.664. The maximum Gasteiger partial charge on any atom is 0.255 e. The standard InChI is InChI=1S/C27H24N6O3/c1-17-9-10-23(31-26(36)20-6-4-8-22(14-20)30-18(2)34)15-25(17)33(19(3)35)27-29-13-11-24(32-27)21-7-5-12-28-16-21/h4-16H,1-3H3,(H,30,34)(H,31,36). The molecule has 2 heterocycles. The van der Waals surface area contributed by atoms with Crippen LogP contribution in [0.2, 0.25) is 0 Å². The quantitative estimate of drug-likeness (QED) is 0.412. The number of amides is 3. The number of hydrogen-bond donors (Lipinski definition) is 2. The van der Waals surface area contributed by atoms with Gasteiger partial charge in [0, 0.05) is 54.9 Å². The summed E-state index contributed by atoms with van der Waals surface area (Å²) in [5, 5.41) is 5.51. The van der Waals surface area contributed by atoms with Gasteiger partial charge in [-0.05, 0) is 61.0 Å². The number of nitrogens with zero attached hydrogens (tertiary/aromatic N) is 4. The summed E-state index contributed by atoms with van der Waals surface area (Å²) in [5.41, 5.74) is 4.14. The molecule has 4 rings (SSSR count). The number of benzene rings is 2.